The van der Waals surface area contributed by atoms with Crippen molar-refractivity contribution in [2.75, 3.05) is 6.61 Å². The third-order valence-corrected chi connectivity index (χ3v) is 2.68. The second kappa shape index (κ2) is 5.58. The molecule has 0 spiro atoms. The number of nitrogens with one attached hydrogen (secondary N) is 1. The molecule has 0 aliphatic carbocycles. The summed E-state index contributed by atoms with van der Waals surface area (Å²) in [5.74, 6) is -1.61. The Morgan fingerprint density at radius 3 is 2.26 bits per heavy atom. The van der Waals surface area contributed by atoms with Gasteiger partial charge in [-0.15, -0.1) is 0 Å². The van der Waals surface area contributed by atoms with Crippen LogP contribution in [0.1, 0.15) is 18.5 Å². The summed E-state index contributed by atoms with van der Waals surface area (Å²) in [7, 11) is 0. The number of hydrogen-bond acceptors (Lipinski definition) is 3. The van der Waals surface area contributed by atoms with E-state index in [1.54, 1.807) is 30.3 Å². The van der Waals surface area contributed by atoms with Crippen LogP contribution in [0.5, 0.6) is 0 Å². The Balaban J connectivity index is 2.86. The molecule has 1 aromatic rings. The summed E-state index contributed by atoms with van der Waals surface area (Å²) in [6, 6.07) is 7.00. The molecule has 0 aliphatic rings. The molecule has 0 unspecified atom stereocenters. The molecule has 0 fully saturated rings. The van der Waals surface area contributed by atoms with Crippen molar-refractivity contribution in [3.8, 4) is 0 Å². The van der Waals surface area contributed by atoms with Crippen LogP contribution in [0.3, 0.4) is 0 Å². The molecule has 0 aromatic heterocycles. The molecule has 7 heteroatoms. The zero-order chi connectivity index (χ0) is 14.7. The van der Waals surface area contributed by atoms with Gasteiger partial charge in [-0.1, -0.05) is 30.3 Å². The fourth-order valence-electron chi connectivity index (χ4n) is 1.35. The van der Waals surface area contributed by atoms with Crippen LogP contribution >= 0.6 is 0 Å². The monoisotopic (exact) mass is 277 g/mol. The summed E-state index contributed by atoms with van der Waals surface area (Å²) in [4.78, 5) is 11.5. The van der Waals surface area contributed by atoms with Gasteiger partial charge in [0.1, 0.15) is 0 Å². The Labute approximate surface area is 107 Å². The van der Waals surface area contributed by atoms with Gasteiger partial charge in [-0.05, 0) is 12.5 Å². The van der Waals surface area contributed by atoms with E-state index in [0.29, 0.717) is 12.5 Å². The van der Waals surface area contributed by atoms with E-state index >= 15 is 0 Å². The second-order valence-corrected chi connectivity index (χ2v) is 4.19. The van der Waals surface area contributed by atoms with Gasteiger partial charge in [0.2, 0.25) is 5.60 Å². The first-order chi connectivity index (χ1) is 8.70. The van der Waals surface area contributed by atoms with E-state index in [1.165, 1.54) is 0 Å². The molecule has 0 bridgehead atoms. The maximum Gasteiger partial charge on any atom is 0.426 e. The molecule has 0 radical (unpaired) electrons. The van der Waals surface area contributed by atoms with E-state index in [9.17, 15) is 23.1 Å². The lowest BCUT2D eigenvalue weighted by molar-refractivity contribution is -0.245. The average Bonchev–Trinajstić information content (AvgIpc) is 2.35. The van der Waals surface area contributed by atoms with Crippen LogP contribution in [0.2, 0.25) is 0 Å². The van der Waals surface area contributed by atoms with Gasteiger partial charge in [-0.25, -0.2) is 0 Å². The molecule has 19 heavy (non-hydrogen) atoms. The third kappa shape index (κ3) is 3.45. The van der Waals surface area contributed by atoms with Gasteiger partial charge in [-0.3, -0.25) is 4.79 Å². The Hall–Kier alpha value is -1.60. The van der Waals surface area contributed by atoms with E-state index in [4.69, 9.17) is 5.11 Å². The Kier molecular flexibility index (Phi) is 4.54. The smallest absolute Gasteiger partial charge is 0.394 e. The maximum atomic E-state index is 12.5. The van der Waals surface area contributed by atoms with Gasteiger partial charge >= 0.3 is 6.18 Å². The van der Waals surface area contributed by atoms with Crippen molar-refractivity contribution in [2.24, 2.45) is 0 Å². The van der Waals surface area contributed by atoms with Crippen molar-refractivity contribution in [1.29, 1.82) is 0 Å². The Morgan fingerprint density at radius 2 is 1.84 bits per heavy atom. The van der Waals surface area contributed by atoms with Crippen molar-refractivity contribution in [1.82, 2.24) is 5.32 Å². The van der Waals surface area contributed by atoms with Crippen LogP contribution < -0.4 is 5.32 Å². The van der Waals surface area contributed by atoms with E-state index < -0.39 is 30.3 Å². The van der Waals surface area contributed by atoms with E-state index in [0.717, 1.165) is 0 Å². The first kappa shape index (κ1) is 15.5. The molecule has 1 rings (SSSR count). The van der Waals surface area contributed by atoms with Crippen molar-refractivity contribution in [3.05, 3.63) is 35.9 Å². The SMILES string of the molecule is C[C@](O)(C(=O)N[C@@H](CO)c1ccccc1)C(F)(F)F. The van der Waals surface area contributed by atoms with Crippen molar-refractivity contribution >= 4 is 5.91 Å². The van der Waals surface area contributed by atoms with Crippen LogP contribution in [0.25, 0.3) is 0 Å². The molecule has 3 N–H and O–H groups in total. The molecular weight excluding hydrogens is 263 g/mol. The minimum atomic E-state index is -5.09. The highest BCUT2D eigenvalue weighted by molar-refractivity contribution is 5.85. The molecule has 1 amide bonds. The summed E-state index contributed by atoms with van der Waals surface area (Å²) < 4.78 is 37.4. The summed E-state index contributed by atoms with van der Waals surface area (Å²) >= 11 is 0. The highest BCUT2D eigenvalue weighted by atomic mass is 19.4. The van der Waals surface area contributed by atoms with Crippen molar-refractivity contribution < 1.29 is 28.2 Å². The maximum absolute atomic E-state index is 12.5. The minimum absolute atomic E-state index is 0.363. The Bertz CT molecular complexity index is 432. The molecule has 106 valence electrons. The average molecular weight is 277 g/mol. The number of aliphatic hydroxyl groups excluding tert-OH is 1. The predicted molar refractivity (Wildman–Crippen MR) is 61.1 cm³/mol. The fraction of sp³-hybridized carbons (Fsp3) is 0.417. The van der Waals surface area contributed by atoms with Gasteiger partial charge in [-0.2, -0.15) is 13.2 Å². The van der Waals surface area contributed by atoms with Crippen LogP contribution in [-0.2, 0) is 4.79 Å². The molecule has 1 aromatic carbocycles. The number of carbonyl (C=O) groups is 1. The largest absolute Gasteiger partial charge is 0.426 e. The molecular formula is C12H14F3NO3. The van der Waals surface area contributed by atoms with E-state index in [2.05, 4.69) is 0 Å². The molecule has 4 nitrogen and oxygen atoms in total. The summed E-state index contributed by atoms with van der Waals surface area (Å²) in [6.07, 6.45) is -5.09. The van der Waals surface area contributed by atoms with Crippen LogP contribution in [0.15, 0.2) is 30.3 Å². The molecule has 2 atom stereocenters. The lowest BCUT2D eigenvalue weighted by Crippen LogP contribution is -2.55. The van der Waals surface area contributed by atoms with Gasteiger partial charge in [0.25, 0.3) is 5.91 Å². The quantitative estimate of drug-likeness (QED) is 0.773. The van der Waals surface area contributed by atoms with E-state index in [1.807, 2.05) is 5.32 Å². The van der Waals surface area contributed by atoms with Gasteiger partial charge in [0, 0.05) is 0 Å². The van der Waals surface area contributed by atoms with E-state index in [-0.39, 0.29) is 0 Å². The summed E-state index contributed by atoms with van der Waals surface area (Å²) in [6.45, 7) is -0.217. The summed E-state index contributed by atoms with van der Waals surface area (Å²) in [5, 5.41) is 20.3. The van der Waals surface area contributed by atoms with Crippen LogP contribution in [-0.4, -0.2) is 34.5 Å². The van der Waals surface area contributed by atoms with Crippen LogP contribution in [0, 0.1) is 0 Å². The highest BCUT2D eigenvalue weighted by Crippen LogP contribution is 2.30. The third-order valence-electron chi connectivity index (χ3n) is 2.68. The number of halogens is 3. The lowest BCUT2D eigenvalue weighted by Gasteiger charge is -2.27. The first-order valence-corrected chi connectivity index (χ1v) is 5.46. The minimum Gasteiger partial charge on any atom is -0.394 e. The number of rotatable bonds is 4. The number of benzene rings is 1. The second-order valence-electron chi connectivity index (χ2n) is 4.19. The molecule has 0 aliphatic heterocycles. The number of alkyl halides is 3. The Morgan fingerprint density at radius 1 is 1.32 bits per heavy atom. The standard InChI is InChI=1S/C12H14F3NO3/c1-11(19,12(13,14)15)10(18)16-9(7-17)8-5-3-2-4-6-8/h2-6,9,17,19H,7H2,1H3,(H,16,18)/t9-,11-/m0/s1. The van der Waals surface area contributed by atoms with Crippen molar-refractivity contribution in [2.45, 2.75) is 24.7 Å². The zero-order valence-corrected chi connectivity index (χ0v) is 10.1. The summed E-state index contributed by atoms with van der Waals surface area (Å²) in [5.41, 5.74) is -3.06. The van der Waals surface area contributed by atoms with Crippen LogP contribution in [0.4, 0.5) is 13.2 Å². The van der Waals surface area contributed by atoms with Gasteiger partial charge in [0.15, 0.2) is 0 Å². The number of hydrogen-bond donors (Lipinski definition) is 3. The lowest BCUT2D eigenvalue weighted by atomic mass is 10.0. The number of carbonyl (C=O) groups excluding carboxylic acids is 1. The number of aliphatic hydroxyl groups is 2. The highest BCUT2D eigenvalue weighted by Gasteiger charge is 2.56. The zero-order valence-electron chi connectivity index (χ0n) is 10.1. The van der Waals surface area contributed by atoms with Gasteiger partial charge in [0.05, 0.1) is 12.6 Å². The molecule has 0 saturated heterocycles. The fourth-order valence-corrected chi connectivity index (χ4v) is 1.35. The van der Waals surface area contributed by atoms with Gasteiger partial charge < -0.3 is 15.5 Å². The first-order valence-electron chi connectivity index (χ1n) is 5.46. The van der Waals surface area contributed by atoms with Crippen molar-refractivity contribution in [3.63, 3.8) is 0 Å². The number of amides is 1. The predicted octanol–water partition coefficient (Wildman–Crippen LogP) is 1.15. The topological polar surface area (TPSA) is 69.6 Å². The molecule has 0 saturated carbocycles. The molecule has 0 heterocycles. The normalized spacial score (nSPS) is 16.5.